The summed E-state index contributed by atoms with van der Waals surface area (Å²) in [7, 11) is 1.70. The molecule has 0 bridgehead atoms. The van der Waals surface area contributed by atoms with Gasteiger partial charge < -0.3 is 19.8 Å². The van der Waals surface area contributed by atoms with E-state index in [1.54, 1.807) is 7.11 Å². The maximum Gasteiger partial charge on any atom is 0.0950 e. The van der Waals surface area contributed by atoms with Gasteiger partial charge in [0.25, 0.3) is 0 Å². The van der Waals surface area contributed by atoms with Crippen molar-refractivity contribution >= 4 is 0 Å². The minimum atomic E-state index is 0.643. The fraction of sp³-hybridized carbons (Fsp3) is 0.727. The fourth-order valence-electron chi connectivity index (χ4n) is 1.38. The van der Waals surface area contributed by atoms with E-state index in [1.165, 1.54) is 0 Å². The number of methoxy groups -OCH3 is 1. The fourth-order valence-corrected chi connectivity index (χ4v) is 1.38. The monoisotopic (exact) mass is 227 g/mol. The molecule has 1 aromatic heterocycles. The second-order valence-electron chi connectivity index (χ2n) is 3.60. The molecule has 0 unspecified atom stereocenters. The van der Waals surface area contributed by atoms with Gasteiger partial charge in [-0.25, -0.2) is 4.98 Å². The molecule has 0 atom stereocenters. The summed E-state index contributed by atoms with van der Waals surface area (Å²) < 4.78 is 12.4. The second kappa shape index (κ2) is 8.27. The smallest absolute Gasteiger partial charge is 0.0950 e. The van der Waals surface area contributed by atoms with E-state index in [1.807, 2.05) is 17.1 Å². The highest BCUT2D eigenvalue weighted by Crippen LogP contribution is 1.96. The number of aromatic nitrogens is 2. The van der Waals surface area contributed by atoms with Crippen molar-refractivity contribution < 1.29 is 9.47 Å². The van der Waals surface area contributed by atoms with E-state index in [4.69, 9.17) is 15.2 Å². The topological polar surface area (TPSA) is 62.3 Å². The Hall–Kier alpha value is -0.910. The Morgan fingerprint density at radius 3 is 3.00 bits per heavy atom. The first-order valence-electron chi connectivity index (χ1n) is 5.64. The molecule has 0 spiro atoms. The molecule has 0 aliphatic rings. The van der Waals surface area contributed by atoms with Crippen molar-refractivity contribution in [3.63, 3.8) is 0 Å². The van der Waals surface area contributed by atoms with Crippen molar-refractivity contribution in [2.24, 2.45) is 5.73 Å². The summed E-state index contributed by atoms with van der Waals surface area (Å²) in [5, 5.41) is 0. The van der Waals surface area contributed by atoms with E-state index in [0.717, 1.165) is 38.3 Å². The summed E-state index contributed by atoms with van der Waals surface area (Å²) in [6.07, 6.45) is 5.62. The van der Waals surface area contributed by atoms with Crippen LogP contribution in [0.2, 0.25) is 0 Å². The first-order valence-corrected chi connectivity index (χ1v) is 5.64. The van der Waals surface area contributed by atoms with Crippen molar-refractivity contribution in [3.8, 4) is 0 Å². The highest BCUT2D eigenvalue weighted by molar-refractivity contribution is 4.96. The van der Waals surface area contributed by atoms with Gasteiger partial charge >= 0.3 is 0 Å². The Balaban J connectivity index is 2.07. The molecule has 1 heterocycles. The first-order chi connectivity index (χ1) is 7.86. The number of hydrogen-bond donors (Lipinski definition) is 1. The standard InChI is InChI=1S/C11H21N3O2/c1-15-6-2-7-16-8-5-14-9-11(3-4-12)13-10-14/h9-10H,2-8,12H2,1H3. The number of hydrogen-bond acceptors (Lipinski definition) is 4. The lowest BCUT2D eigenvalue weighted by Gasteiger charge is -2.04. The number of imidazole rings is 1. The Kier molecular flexibility index (Phi) is 6.80. The van der Waals surface area contributed by atoms with E-state index in [0.29, 0.717) is 13.2 Å². The van der Waals surface area contributed by atoms with Crippen LogP contribution in [0.1, 0.15) is 12.1 Å². The molecule has 2 N–H and O–H groups in total. The van der Waals surface area contributed by atoms with Crippen molar-refractivity contribution in [1.82, 2.24) is 9.55 Å². The molecule has 1 aromatic rings. The van der Waals surface area contributed by atoms with Crippen LogP contribution in [0.25, 0.3) is 0 Å². The van der Waals surface area contributed by atoms with Gasteiger partial charge in [-0.05, 0) is 13.0 Å². The lowest BCUT2D eigenvalue weighted by molar-refractivity contribution is 0.0977. The third kappa shape index (κ3) is 5.25. The highest BCUT2D eigenvalue weighted by Gasteiger charge is 1.97. The van der Waals surface area contributed by atoms with Gasteiger partial charge in [-0.2, -0.15) is 0 Å². The molecular formula is C11H21N3O2. The van der Waals surface area contributed by atoms with Crippen LogP contribution in [0.3, 0.4) is 0 Å². The van der Waals surface area contributed by atoms with Gasteiger partial charge in [-0.1, -0.05) is 0 Å². The predicted molar refractivity (Wildman–Crippen MR) is 62.3 cm³/mol. The van der Waals surface area contributed by atoms with Gasteiger partial charge in [-0.15, -0.1) is 0 Å². The van der Waals surface area contributed by atoms with Crippen LogP contribution < -0.4 is 5.73 Å². The molecule has 0 saturated heterocycles. The number of nitrogens with two attached hydrogens (primary N) is 1. The summed E-state index contributed by atoms with van der Waals surface area (Å²) in [5.74, 6) is 0. The Morgan fingerprint density at radius 2 is 2.25 bits per heavy atom. The van der Waals surface area contributed by atoms with Gasteiger partial charge in [0.05, 0.1) is 18.6 Å². The summed E-state index contributed by atoms with van der Waals surface area (Å²) in [5.41, 5.74) is 6.50. The summed E-state index contributed by atoms with van der Waals surface area (Å²) in [6.45, 7) is 3.70. The molecule has 16 heavy (non-hydrogen) atoms. The van der Waals surface area contributed by atoms with Crippen LogP contribution >= 0.6 is 0 Å². The summed E-state index contributed by atoms with van der Waals surface area (Å²) in [6, 6.07) is 0. The normalized spacial score (nSPS) is 10.9. The molecule has 5 nitrogen and oxygen atoms in total. The van der Waals surface area contributed by atoms with Crippen LogP contribution in [0.4, 0.5) is 0 Å². The van der Waals surface area contributed by atoms with Crippen LogP contribution in [0.5, 0.6) is 0 Å². The maximum absolute atomic E-state index is 5.46. The number of ether oxygens (including phenoxy) is 2. The molecule has 1 rings (SSSR count). The minimum absolute atomic E-state index is 0.643. The van der Waals surface area contributed by atoms with Gasteiger partial charge in [-0.3, -0.25) is 0 Å². The number of nitrogens with zero attached hydrogens (tertiary/aromatic N) is 2. The molecule has 0 fully saturated rings. The van der Waals surface area contributed by atoms with Crippen LogP contribution in [0, 0.1) is 0 Å². The molecule has 0 saturated carbocycles. The van der Waals surface area contributed by atoms with Crippen molar-refractivity contribution in [3.05, 3.63) is 18.2 Å². The zero-order chi connectivity index (χ0) is 11.6. The Morgan fingerprint density at radius 1 is 1.38 bits per heavy atom. The minimum Gasteiger partial charge on any atom is -0.385 e. The summed E-state index contributed by atoms with van der Waals surface area (Å²) >= 11 is 0. The molecular weight excluding hydrogens is 206 g/mol. The van der Waals surface area contributed by atoms with E-state index in [-0.39, 0.29) is 0 Å². The predicted octanol–water partition coefficient (Wildman–Crippen LogP) is 0.437. The van der Waals surface area contributed by atoms with E-state index >= 15 is 0 Å². The SMILES string of the molecule is COCCCOCCn1cnc(CCN)c1. The maximum atomic E-state index is 5.46. The summed E-state index contributed by atoms with van der Waals surface area (Å²) in [4.78, 5) is 4.24. The van der Waals surface area contributed by atoms with Gasteiger partial charge in [0.15, 0.2) is 0 Å². The molecule has 0 aliphatic heterocycles. The van der Waals surface area contributed by atoms with Gasteiger partial charge in [0.2, 0.25) is 0 Å². The Bertz CT molecular complexity index is 276. The average Bonchev–Trinajstić information content (AvgIpc) is 2.72. The number of rotatable bonds is 9. The van der Waals surface area contributed by atoms with E-state index < -0.39 is 0 Å². The molecule has 5 heteroatoms. The lowest BCUT2D eigenvalue weighted by Crippen LogP contribution is -2.06. The quantitative estimate of drug-likeness (QED) is 0.622. The third-order valence-electron chi connectivity index (χ3n) is 2.22. The molecule has 92 valence electrons. The first kappa shape index (κ1) is 13.2. The lowest BCUT2D eigenvalue weighted by atomic mass is 10.3. The van der Waals surface area contributed by atoms with Gasteiger partial charge in [0, 0.05) is 39.5 Å². The molecule has 0 radical (unpaired) electrons. The molecule has 0 aromatic carbocycles. The largest absolute Gasteiger partial charge is 0.385 e. The van der Waals surface area contributed by atoms with E-state index in [9.17, 15) is 0 Å². The Labute approximate surface area is 96.6 Å². The zero-order valence-corrected chi connectivity index (χ0v) is 9.89. The highest BCUT2D eigenvalue weighted by atomic mass is 16.5. The van der Waals surface area contributed by atoms with Crippen LogP contribution in [-0.4, -0.2) is 43.0 Å². The van der Waals surface area contributed by atoms with Crippen LogP contribution in [0.15, 0.2) is 12.5 Å². The van der Waals surface area contributed by atoms with Crippen molar-refractivity contribution in [2.45, 2.75) is 19.4 Å². The molecule has 0 amide bonds. The zero-order valence-electron chi connectivity index (χ0n) is 9.89. The van der Waals surface area contributed by atoms with Crippen LogP contribution in [-0.2, 0) is 22.4 Å². The second-order valence-corrected chi connectivity index (χ2v) is 3.60. The molecule has 0 aliphatic carbocycles. The van der Waals surface area contributed by atoms with Gasteiger partial charge in [0.1, 0.15) is 0 Å². The van der Waals surface area contributed by atoms with Crippen molar-refractivity contribution in [2.75, 3.05) is 33.5 Å². The van der Waals surface area contributed by atoms with E-state index in [2.05, 4.69) is 4.98 Å². The van der Waals surface area contributed by atoms with Crippen molar-refractivity contribution in [1.29, 1.82) is 0 Å². The third-order valence-corrected chi connectivity index (χ3v) is 2.22. The average molecular weight is 227 g/mol.